The molecule has 1 aromatic heterocycles. The Morgan fingerprint density at radius 2 is 2.24 bits per heavy atom. The minimum absolute atomic E-state index is 0.428. The number of nitrogens with zero attached hydrogens (tertiary/aromatic N) is 1. The number of terminal acetylenes is 1. The molecule has 0 saturated heterocycles. The number of rotatable bonds is 1. The highest BCUT2D eigenvalue weighted by molar-refractivity contribution is 5.81. The molecule has 0 spiro atoms. The largest absolute Gasteiger partial charge is 0.248 e. The first-order valence-electron chi connectivity index (χ1n) is 5.88. The zero-order valence-electron chi connectivity index (χ0n) is 9.56. The smallest absolute Gasteiger partial charge is 0.0709 e. The number of hydrogen-bond donors (Lipinski definition) is 0. The lowest BCUT2D eigenvalue weighted by atomic mass is 9.87. The summed E-state index contributed by atoms with van der Waals surface area (Å²) in [5.41, 5.74) is 3.43. The molecule has 1 aliphatic rings. The van der Waals surface area contributed by atoms with Gasteiger partial charge in [-0.1, -0.05) is 24.3 Å². The number of pyridine rings is 1. The SMILES string of the molecule is C#CCC1CC=Cc2nc3ccccc3cc21. The number of fused-ring (bicyclic) bond motifs is 2. The zero-order valence-corrected chi connectivity index (χ0v) is 9.56. The third kappa shape index (κ3) is 1.72. The van der Waals surface area contributed by atoms with E-state index in [9.17, 15) is 0 Å². The first-order valence-corrected chi connectivity index (χ1v) is 5.88. The van der Waals surface area contributed by atoms with E-state index in [2.05, 4.69) is 30.2 Å². The fourth-order valence-corrected chi connectivity index (χ4v) is 2.41. The molecule has 0 saturated carbocycles. The van der Waals surface area contributed by atoms with Crippen molar-refractivity contribution in [3.63, 3.8) is 0 Å². The van der Waals surface area contributed by atoms with Crippen molar-refractivity contribution in [1.29, 1.82) is 0 Å². The van der Waals surface area contributed by atoms with Crippen LogP contribution in [-0.4, -0.2) is 4.98 Å². The van der Waals surface area contributed by atoms with Crippen LogP contribution in [0.4, 0.5) is 0 Å². The molecule has 0 radical (unpaired) electrons. The van der Waals surface area contributed by atoms with Gasteiger partial charge in [0.25, 0.3) is 0 Å². The standard InChI is InChI=1S/C16H13N/c1-2-6-12-8-5-10-16-14(12)11-13-7-3-4-9-15(13)17-16/h1,3-5,7,9-12H,6,8H2. The van der Waals surface area contributed by atoms with Gasteiger partial charge in [0.05, 0.1) is 11.2 Å². The second kappa shape index (κ2) is 4.07. The van der Waals surface area contributed by atoms with Crippen LogP contribution in [0.1, 0.15) is 30.0 Å². The van der Waals surface area contributed by atoms with Crippen LogP contribution in [0.15, 0.2) is 36.4 Å². The van der Waals surface area contributed by atoms with Gasteiger partial charge in [-0.3, -0.25) is 0 Å². The fourth-order valence-electron chi connectivity index (χ4n) is 2.41. The van der Waals surface area contributed by atoms with E-state index in [1.165, 1.54) is 10.9 Å². The lowest BCUT2D eigenvalue weighted by Crippen LogP contribution is -2.05. The van der Waals surface area contributed by atoms with Gasteiger partial charge in [0.15, 0.2) is 0 Å². The maximum Gasteiger partial charge on any atom is 0.0709 e. The molecule has 1 heteroatoms. The second-order valence-corrected chi connectivity index (χ2v) is 4.40. The van der Waals surface area contributed by atoms with Crippen molar-refractivity contribution in [3.8, 4) is 12.3 Å². The summed E-state index contributed by atoms with van der Waals surface area (Å²) in [5, 5.41) is 1.20. The van der Waals surface area contributed by atoms with Gasteiger partial charge in [-0.05, 0) is 30.2 Å². The monoisotopic (exact) mass is 219 g/mol. The van der Waals surface area contributed by atoms with Gasteiger partial charge in [0.1, 0.15) is 0 Å². The number of allylic oxidation sites excluding steroid dienone is 1. The van der Waals surface area contributed by atoms with E-state index in [0.717, 1.165) is 24.1 Å². The predicted molar refractivity (Wildman–Crippen MR) is 71.6 cm³/mol. The van der Waals surface area contributed by atoms with E-state index in [-0.39, 0.29) is 0 Å². The molecule has 1 nitrogen and oxygen atoms in total. The molecule has 3 rings (SSSR count). The quantitative estimate of drug-likeness (QED) is 0.665. The topological polar surface area (TPSA) is 12.9 Å². The van der Waals surface area contributed by atoms with Crippen molar-refractivity contribution in [2.45, 2.75) is 18.8 Å². The Morgan fingerprint density at radius 1 is 1.35 bits per heavy atom. The van der Waals surface area contributed by atoms with Gasteiger partial charge >= 0.3 is 0 Å². The first kappa shape index (κ1) is 10.1. The van der Waals surface area contributed by atoms with Crippen molar-refractivity contribution in [2.24, 2.45) is 0 Å². The van der Waals surface area contributed by atoms with Crippen LogP contribution in [0.5, 0.6) is 0 Å². The number of benzene rings is 1. The molecule has 1 atom stereocenters. The summed E-state index contributed by atoms with van der Waals surface area (Å²) in [5.74, 6) is 3.19. The van der Waals surface area contributed by atoms with Gasteiger partial charge in [-0.25, -0.2) is 4.98 Å². The van der Waals surface area contributed by atoms with Crippen LogP contribution in [0, 0.1) is 12.3 Å². The Kier molecular flexibility index (Phi) is 2.42. The maximum absolute atomic E-state index is 5.43. The summed E-state index contributed by atoms with van der Waals surface area (Å²) >= 11 is 0. The maximum atomic E-state index is 5.43. The molecule has 1 heterocycles. The summed E-state index contributed by atoms with van der Waals surface area (Å²) in [7, 11) is 0. The molecule has 1 unspecified atom stereocenters. The third-order valence-electron chi connectivity index (χ3n) is 3.28. The molecule has 0 fully saturated rings. The van der Waals surface area contributed by atoms with Crippen LogP contribution in [0.2, 0.25) is 0 Å². The highest BCUT2D eigenvalue weighted by Crippen LogP contribution is 2.32. The highest BCUT2D eigenvalue weighted by Gasteiger charge is 2.17. The molecule has 82 valence electrons. The van der Waals surface area contributed by atoms with Gasteiger partial charge in [0.2, 0.25) is 0 Å². The lowest BCUT2D eigenvalue weighted by molar-refractivity contribution is 0.713. The molecule has 1 aliphatic carbocycles. The summed E-state index contributed by atoms with van der Waals surface area (Å²) in [4.78, 5) is 4.69. The van der Waals surface area contributed by atoms with Crippen molar-refractivity contribution in [1.82, 2.24) is 4.98 Å². The fraction of sp³-hybridized carbons (Fsp3) is 0.188. The summed E-state index contributed by atoms with van der Waals surface area (Å²) in [6.07, 6.45) is 11.5. The average molecular weight is 219 g/mol. The van der Waals surface area contributed by atoms with Crippen LogP contribution in [0.3, 0.4) is 0 Å². The van der Waals surface area contributed by atoms with Crippen LogP contribution < -0.4 is 0 Å². The van der Waals surface area contributed by atoms with Crippen molar-refractivity contribution in [3.05, 3.63) is 47.7 Å². The third-order valence-corrected chi connectivity index (χ3v) is 3.28. The van der Waals surface area contributed by atoms with Gasteiger partial charge < -0.3 is 0 Å². The van der Waals surface area contributed by atoms with E-state index in [1.807, 2.05) is 18.2 Å². The highest BCUT2D eigenvalue weighted by atomic mass is 14.7. The number of aromatic nitrogens is 1. The molecule has 0 bridgehead atoms. The van der Waals surface area contributed by atoms with Gasteiger partial charge in [-0.15, -0.1) is 12.3 Å². The molecule has 1 aromatic carbocycles. The Morgan fingerprint density at radius 3 is 3.12 bits per heavy atom. The average Bonchev–Trinajstić information content (AvgIpc) is 2.37. The normalized spacial score (nSPS) is 17.7. The van der Waals surface area contributed by atoms with Gasteiger partial charge in [0, 0.05) is 17.7 Å². The molecule has 0 amide bonds. The van der Waals surface area contributed by atoms with Crippen molar-refractivity contribution in [2.75, 3.05) is 0 Å². The summed E-state index contributed by atoms with van der Waals surface area (Å²) < 4.78 is 0. The van der Waals surface area contributed by atoms with Crippen molar-refractivity contribution >= 4 is 17.0 Å². The Balaban J connectivity index is 2.20. The number of hydrogen-bond acceptors (Lipinski definition) is 1. The second-order valence-electron chi connectivity index (χ2n) is 4.40. The predicted octanol–water partition coefficient (Wildman–Crippen LogP) is 3.76. The van der Waals surface area contributed by atoms with Crippen LogP contribution >= 0.6 is 0 Å². The van der Waals surface area contributed by atoms with Crippen LogP contribution in [-0.2, 0) is 0 Å². The summed E-state index contributed by atoms with van der Waals surface area (Å²) in [6, 6.07) is 10.5. The van der Waals surface area contributed by atoms with Gasteiger partial charge in [-0.2, -0.15) is 0 Å². The summed E-state index contributed by atoms with van der Waals surface area (Å²) in [6.45, 7) is 0. The van der Waals surface area contributed by atoms with E-state index >= 15 is 0 Å². The zero-order chi connectivity index (χ0) is 11.7. The molecule has 0 aliphatic heterocycles. The minimum atomic E-state index is 0.428. The van der Waals surface area contributed by atoms with E-state index in [4.69, 9.17) is 11.4 Å². The lowest BCUT2D eigenvalue weighted by Gasteiger charge is -2.19. The number of para-hydroxylation sites is 1. The Hall–Kier alpha value is -2.07. The van der Waals surface area contributed by atoms with E-state index in [0.29, 0.717) is 5.92 Å². The molecule has 0 N–H and O–H groups in total. The molecule has 2 aromatic rings. The molecular weight excluding hydrogens is 206 g/mol. The Labute approximate surface area is 101 Å². The van der Waals surface area contributed by atoms with E-state index < -0.39 is 0 Å². The van der Waals surface area contributed by atoms with Crippen LogP contribution in [0.25, 0.3) is 17.0 Å². The first-order chi connectivity index (χ1) is 8.38. The Bertz CT molecular complexity index is 632. The molecular formula is C16H13N. The minimum Gasteiger partial charge on any atom is -0.248 e. The van der Waals surface area contributed by atoms with Crippen molar-refractivity contribution < 1.29 is 0 Å². The van der Waals surface area contributed by atoms with E-state index in [1.54, 1.807) is 0 Å². The molecule has 17 heavy (non-hydrogen) atoms.